The van der Waals surface area contributed by atoms with E-state index in [-0.39, 0.29) is 10.0 Å². The molecule has 8 heteroatoms. The quantitative estimate of drug-likeness (QED) is 0.818. The van der Waals surface area contributed by atoms with Gasteiger partial charge in [0.05, 0.1) is 25.7 Å². The molecule has 0 radical (unpaired) electrons. The van der Waals surface area contributed by atoms with Crippen molar-refractivity contribution < 1.29 is 18.7 Å². The highest BCUT2D eigenvalue weighted by atomic mass is 35.5. The summed E-state index contributed by atoms with van der Waals surface area (Å²) in [6, 6.07) is 1.05. The van der Waals surface area contributed by atoms with Crippen molar-refractivity contribution in [3.63, 3.8) is 0 Å². The molecule has 0 aromatic heterocycles. The van der Waals surface area contributed by atoms with E-state index in [2.05, 4.69) is 0 Å². The Morgan fingerprint density at radius 2 is 1.50 bits per heavy atom. The number of carbonyl (C=O) groups is 1. The van der Waals surface area contributed by atoms with E-state index in [4.69, 9.17) is 51.5 Å². The third kappa shape index (κ3) is 2.20. The fraction of sp³-hybridized carbons (Fsp3) is 0.125. The standard InChI is InChI=1S/C8H2Cl4F2O2/c9-2-1-3(10)6(12)4(5(2)11)8(13,14)7(15)16/h1H,(H,15,16). The second kappa shape index (κ2) is 4.53. The van der Waals surface area contributed by atoms with Crippen molar-refractivity contribution >= 4 is 52.4 Å². The zero-order chi connectivity index (χ0) is 12.7. The number of hydrogen-bond donors (Lipinski definition) is 1. The highest BCUT2D eigenvalue weighted by Crippen LogP contribution is 2.45. The highest BCUT2D eigenvalue weighted by Gasteiger charge is 2.45. The molecular formula is C8H2Cl4F2O2. The topological polar surface area (TPSA) is 37.3 Å². The first-order valence-corrected chi connectivity index (χ1v) is 5.15. The molecule has 0 atom stereocenters. The van der Waals surface area contributed by atoms with Crippen LogP contribution in [0.5, 0.6) is 0 Å². The Hall–Kier alpha value is -0.290. The van der Waals surface area contributed by atoms with Crippen LogP contribution in [0.15, 0.2) is 6.07 Å². The van der Waals surface area contributed by atoms with Gasteiger partial charge in [0.2, 0.25) is 0 Å². The van der Waals surface area contributed by atoms with Crippen molar-refractivity contribution in [1.29, 1.82) is 0 Å². The van der Waals surface area contributed by atoms with Crippen molar-refractivity contribution in [2.75, 3.05) is 0 Å². The summed E-state index contributed by atoms with van der Waals surface area (Å²) < 4.78 is 26.5. The van der Waals surface area contributed by atoms with Gasteiger partial charge in [0, 0.05) is 0 Å². The molecule has 0 aliphatic rings. The lowest BCUT2D eigenvalue weighted by atomic mass is 10.1. The number of carboxylic acids is 1. The van der Waals surface area contributed by atoms with Gasteiger partial charge in [0.25, 0.3) is 0 Å². The van der Waals surface area contributed by atoms with Crippen LogP contribution in [0.2, 0.25) is 20.1 Å². The molecule has 1 aromatic rings. The summed E-state index contributed by atoms with van der Waals surface area (Å²) in [5.74, 6) is -6.66. The van der Waals surface area contributed by atoms with Gasteiger partial charge in [0.1, 0.15) is 0 Å². The monoisotopic (exact) mass is 308 g/mol. The van der Waals surface area contributed by atoms with Crippen molar-refractivity contribution in [2.24, 2.45) is 0 Å². The van der Waals surface area contributed by atoms with Crippen molar-refractivity contribution in [3.8, 4) is 0 Å². The summed E-state index contributed by atoms with van der Waals surface area (Å²) in [4.78, 5) is 10.4. The number of carboxylic acid groups (broad SMARTS) is 1. The Labute approximate surface area is 109 Å². The molecule has 0 aliphatic carbocycles. The zero-order valence-electron chi connectivity index (χ0n) is 7.20. The average Bonchev–Trinajstić information content (AvgIpc) is 2.14. The third-order valence-electron chi connectivity index (χ3n) is 1.69. The van der Waals surface area contributed by atoms with Crippen LogP contribution in [0.1, 0.15) is 5.56 Å². The minimum Gasteiger partial charge on any atom is -0.477 e. The van der Waals surface area contributed by atoms with E-state index < -0.39 is 27.5 Å². The van der Waals surface area contributed by atoms with E-state index in [1.54, 1.807) is 0 Å². The summed E-state index contributed by atoms with van der Waals surface area (Å²) in [5, 5.41) is 6.50. The van der Waals surface area contributed by atoms with E-state index >= 15 is 0 Å². The number of alkyl halides is 2. The maximum absolute atomic E-state index is 13.3. The van der Waals surface area contributed by atoms with Crippen LogP contribution in [0, 0.1) is 0 Å². The number of hydrogen-bond acceptors (Lipinski definition) is 1. The van der Waals surface area contributed by atoms with Gasteiger partial charge in [-0.25, -0.2) is 4.79 Å². The lowest BCUT2D eigenvalue weighted by molar-refractivity contribution is -0.166. The third-order valence-corrected chi connectivity index (χ3v) is 3.27. The van der Waals surface area contributed by atoms with Gasteiger partial charge < -0.3 is 5.11 Å². The molecule has 0 saturated carbocycles. The van der Waals surface area contributed by atoms with Crippen LogP contribution in [-0.2, 0) is 10.7 Å². The lowest BCUT2D eigenvalue weighted by Gasteiger charge is -2.16. The Morgan fingerprint density at radius 1 is 1.12 bits per heavy atom. The molecule has 0 amide bonds. The average molecular weight is 310 g/mol. The Balaban J connectivity index is 3.62. The summed E-state index contributed by atoms with van der Waals surface area (Å²) in [6.07, 6.45) is 0. The van der Waals surface area contributed by atoms with Gasteiger partial charge in [-0.1, -0.05) is 46.4 Å². The minimum atomic E-state index is -4.26. The van der Waals surface area contributed by atoms with E-state index in [0.717, 1.165) is 6.07 Å². The summed E-state index contributed by atoms with van der Waals surface area (Å²) in [5.41, 5.74) is -1.11. The van der Waals surface area contributed by atoms with Gasteiger partial charge in [-0.2, -0.15) is 8.78 Å². The van der Waals surface area contributed by atoms with Crippen LogP contribution in [0.25, 0.3) is 0 Å². The molecule has 0 bridgehead atoms. The second-order valence-corrected chi connectivity index (χ2v) is 4.29. The fourth-order valence-electron chi connectivity index (χ4n) is 0.956. The van der Waals surface area contributed by atoms with Crippen molar-refractivity contribution in [2.45, 2.75) is 5.92 Å². The van der Waals surface area contributed by atoms with E-state index in [9.17, 15) is 13.6 Å². The van der Waals surface area contributed by atoms with Gasteiger partial charge in [0.15, 0.2) is 0 Å². The van der Waals surface area contributed by atoms with E-state index in [0.29, 0.717) is 0 Å². The molecule has 2 nitrogen and oxygen atoms in total. The lowest BCUT2D eigenvalue weighted by Crippen LogP contribution is -2.26. The fourth-order valence-corrected chi connectivity index (χ4v) is 2.00. The van der Waals surface area contributed by atoms with E-state index in [1.807, 2.05) is 0 Å². The molecule has 0 spiro atoms. The normalized spacial score (nSPS) is 11.6. The van der Waals surface area contributed by atoms with Crippen LogP contribution < -0.4 is 0 Å². The van der Waals surface area contributed by atoms with Gasteiger partial charge in [-0.05, 0) is 6.07 Å². The predicted molar refractivity (Wildman–Crippen MR) is 58.0 cm³/mol. The van der Waals surface area contributed by atoms with Crippen molar-refractivity contribution in [3.05, 3.63) is 31.7 Å². The predicted octanol–water partition coefficient (Wildman–Crippen LogP) is 4.48. The van der Waals surface area contributed by atoms with Crippen LogP contribution >= 0.6 is 46.4 Å². The SMILES string of the molecule is O=C(O)C(F)(F)c1c(Cl)c(Cl)cc(Cl)c1Cl. The summed E-state index contributed by atoms with van der Waals surface area (Å²) >= 11 is 22.0. The maximum Gasteiger partial charge on any atom is 0.379 e. The largest absolute Gasteiger partial charge is 0.477 e. The first-order valence-electron chi connectivity index (χ1n) is 3.64. The van der Waals surface area contributed by atoms with Crippen LogP contribution in [0.3, 0.4) is 0 Å². The summed E-state index contributed by atoms with van der Waals surface area (Å²) in [7, 11) is 0. The molecule has 16 heavy (non-hydrogen) atoms. The minimum absolute atomic E-state index is 0.299. The molecule has 0 fully saturated rings. The second-order valence-electron chi connectivity index (χ2n) is 2.72. The number of rotatable bonds is 2. The molecule has 1 N–H and O–H groups in total. The number of aliphatic carboxylic acids is 1. The smallest absolute Gasteiger partial charge is 0.379 e. The molecule has 0 saturated heterocycles. The van der Waals surface area contributed by atoms with Gasteiger partial charge >= 0.3 is 11.9 Å². The Bertz CT molecular complexity index is 436. The molecule has 88 valence electrons. The molecule has 0 aliphatic heterocycles. The molecule has 0 heterocycles. The molecule has 1 rings (SSSR count). The van der Waals surface area contributed by atoms with Gasteiger partial charge in [-0.3, -0.25) is 0 Å². The van der Waals surface area contributed by atoms with Crippen LogP contribution in [-0.4, -0.2) is 11.1 Å². The highest BCUT2D eigenvalue weighted by molar-refractivity contribution is 6.48. The molecular weight excluding hydrogens is 308 g/mol. The molecule has 0 unspecified atom stereocenters. The zero-order valence-corrected chi connectivity index (χ0v) is 10.2. The molecule has 1 aromatic carbocycles. The number of halogens is 6. The van der Waals surface area contributed by atoms with Crippen molar-refractivity contribution in [1.82, 2.24) is 0 Å². The maximum atomic E-state index is 13.3. The van der Waals surface area contributed by atoms with E-state index in [1.165, 1.54) is 0 Å². The summed E-state index contributed by atoms with van der Waals surface area (Å²) in [6.45, 7) is 0. The Morgan fingerprint density at radius 3 is 1.81 bits per heavy atom. The number of benzene rings is 1. The van der Waals surface area contributed by atoms with Gasteiger partial charge in [-0.15, -0.1) is 0 Å². The van der Waals surface area contributed by atoms with Crippen LogP contribution in [0.4, 0.5) is 8.78 Å². The first kappa shape index (κ1) is 13.8. The first-order chi connectivity index (χ1) is 7.19. The Kier molecular flexibility index (Phi) is 3.90.